The molecule has 0 saturated carbocycles. The minimum absolute atomic E-state index is 0.0569. The first-order chi connectivity index (χ1) is 14.1. The Labute approximate surface area is 168 Å². The lowest BCUT2D eigenvalue weighted by molar-refractivity contribution is 0.111. The van der Waals surface area contributed by atoms with Crippen molar-refractivity contribution < 1.29 is 9.90 Å². The van der Waals surface area contributed by atoms with Gasteiger partial charge in [-0.05, 0) is 42.8 Å². The van der Waals surface area contributed by atoms with Crippen LogP contribution >= 0.6 is 0 Å². The Balaban J connectivity index is 1.62. The van der Waals surface area contributed by atoms with Crippen LogP contribution in [0.15, 0.2) is 53.3 Å². The first-order valence-electron chi connectivity index (χ1n) is 9.92. The van der Waals surface area contributed by atoms with Gasteiger partial charge in [0.1, 0.15) is 5.82 Å². The first-order valence-corrected chi connectivity index (χ1v) is 9.92. The third-order valence-corrected chi connectivity index (χ3v) is 5.25. The van der Waals surface area contributed by atoms with Crippen LogP contribution in [0, 0.1) is 0 Å². The molecule has 4 rings (SSSR count). The van der Waals surface area contributed by atoms with Crippen LogP contribution < -0.4 is 10.9 Å². The minimum Gasteiger partial charge on any atom is -0.465 e. The normalized spacial score (nSPS) is 14.0. The zero-order valence-corrected chi connectivity index (χ0v) is 16.3. The zero-order chi connectivity index (χ0) is 20.4. The number of amides is 1. The molecule has 0 aliphatic carbocycles. The lowest BCUT2D eigenvalue weighted by Gasteiger charge is -2.38. The lowest BCUT2D eigenvalue weighted by Crippen LogP contribution is -2.56. The molecule has 2 aromatic carbocycles. The SMILES string of the molecule is CCCCc1nc2ccccc2c(=O)n1-c1ccc(NC2CN(C(=O)O)C2)cc1. The lowest BCUT2D eigenvalue weighted by atomic mass is 10.1. The molecule has 0 unspecified atom stereocenters. The second-order valence-corrected chi connectivity index (χ2v) is 7.36. The highest BCUT2D eigenvalue weighted by atomic mass is 16.4. The number of fused-ring (bicyclic) bond motifs is 1. The van der Waals surface area contributed by atoms with E-state index in [2.05, 4.69) is 12.2 Å². The molecule has 1 amide bonds. The molecular weight excluding hydrogens is 368 g/mol. The van der Waals surface area contributed by atoms with Crippen molar-refractivity contribution >= 4 is 22.7 Å². The van der Waals surface area contributed by atoms with Gasteiger partial charge in [-0.25, -0.2) is 9.78 Å². The van der Waals surface area contributed by atoms with Crippen LogP contribution in [0.3, 0.4) is 0 Å². The third kappa shape index (κ3) is 3.81. The number of benzene rings is 2. The number of rotatable bonds is 6. The molecule has 1 aliphatic rings. The van der Waals surface area contributed by atoms with Gasteiger partial charge in [-0.15, -0.1) is 0 Å². The van der Waals surface area contributed by atoms with E-state index < -0.39 is 6.09 Å². The summed E-state index contributed by atoms with van der Waals surface area (Å²) in [5, 5.41) is 12.9. The van der Waals surface area contributed by atoms with Gasteiger partial charge in [0.2, 0.25) is 0 Å². The van der Waals surface area contributed by atoms with Crippen molar-refractivity contribution in [2.45, 2.75) is 32.2 Å². The maximum Gasteiger partial charge on any atom is 0.407 e. The number of nitrogens with one attached hydrogen (secondary N) is 1. The summed E-state index contributed by atoms with van der Waals surface area (Å²) in [5.74, 6) is 0.771. The summed E-state index contributed by atoms with van der Waals surface area (Å²) in [5.41, 5.74) is 2.36. The van der Waals surface area contributed by atoms with Gasteiger partial charge in [-0.3, -0.25) is 9.36 Å². The molecule has 1 aromatic heterocycles. The van der Waals surface area contributed by atoms with Gasteiger partial charge in [0.05, 0.1) is 22.6 Å². The van der Waals surface area contributed by atoms with Crippen LogP contribution in [0.1, 0.15) is 25.6 Å². The zero-order valence-electron chi connectivity index (χ0n) is 16.3. The summed E-state index contributed by atoms with van der Waals surface area (Å²) in [4.78, 5) is 30.2. The quantitative estimate of drug-likeness (QED) is 0.670. The number of likely N-dealkylation sites (tertiary alicyclic amines) is 1. The van der Waals surface area contributed by atoms with E-state index in [4.69, 9.17) is 10.1 Å². The molecular formula is C22H24N4O3. The summed E-state index contributed by atoms with van der Waals surface area (Å²) >= 11 is 0. The summed E-state index contributed by atoms with van der Waals surface area (Å²) < 4.78 is 1.71. The monoisotopic (exact) mass is 392 g/mol. The molecule has 7 heteroatoms. The van der Waals surface area contributed by atoms with Crippen molar-refractivity contribution in [3.63, 3.8) is 0 Å². The summed E-state index contributed by atoms with van der Waals surface area (Å²) in [6, 6.07) is 15.2. The summed E-state index contributed by atoms with van der Waals surface area (Å²) in [7, 11) is 0. The molecule has 2 heterocycles. The fourth-order valence-corrected chi connectivity index (χ4v) is 3.62. The number of anilines is 1. The fourth-order valence-electron chi connectivity index (χ4n) is 3.62. The standard InChI is InChI=1S/C22H24N4O3/c1-2-3-8-20-24-19-7-5-4-6-18(19)21(27)26(20)17-11-9-15(10-12-17)23-16-13-25(14-16)22(28)29/h4-7,9-12,16,23H,2-3,8,13-14H2,1H3,(H,28,29). The van der Waals surface area contributed by atoms with Crippen molar-refractivity contribution in [1.29, 1.82) is 0 Å². The molecule has 29 heavy (non-hydrogen) atoms. The number of aryl methyl sites for hydroxylation is 1. The summed E-state index contributed by atoms with van der Waals surface area (Å²) in [6.07, 6.45) is 1.84. The van der Waals surface area contributed by atoms with E-state index in [-0.39, 0.29) is 11.6 Å². The maximum atomic E-state index is 13.2. The van der Waals surface area contributed by atoms with E-state index in [1.807, 2.05) is 48.5 Å². The van der Waals surface area contributed by atoms with Crippen LogP contribution in [-0.4, -0.2) is 44.8 Å². The van der Waals surface area contributed by atoms with Gasteiger partial charge in [-0.1, -0.05) is 25.5 Å². The highest BCUT2D eigenvalue weighted by Crippen LogP contribution is 2.19. The predicted octanol–water partition coefficient (Wildman–Crippen LogP) is 3.50. The highest BCUT2D eigenvalue weighted by molar-refractivity contribution is 5.77. The van der Waals surface area contributed by atoms with Crippen molar-refractivity contribution in [1.82, 2.24) is 14.5 Å². The molecule has 7 nitrogen and oxygen atoms in total. The molecule has 0 radical (unpaired) electrons. The molecule has 1 aliphatic heterocycles. The number of aromatic nitrogens is 2. The van der Waals surface area contributed by atoms with E-state index in [1.165, 1.54) is 4.90 Å². The van der Waals surface area contributed by atoms with Crippen LogP contribution in [0.25, 0.3) is 16.6 Å². The van der Waals surface area contributed by atoms with E-state index in [0.717, 1.165) is 42.0 Å². The van der Waals surface area contributed by atoms with Gasteiger partial charge in [0.25, 0.3) is 5.56 Å². The number of carboxylic acid groups (broad SMARTS) is 1. The van der Waals surface area contributed by atoms with Crippen molar-refractivity contribution in [3.8, 4) is 5.69 Å². The van der Waals surface area contributed by atoms with Crippen molar-refractivity contribution in [2.75, 3.05) is 18.4 Å². The number of unbranched alkanes of at least 4 members (excludes halogenated alkanes) is 1. The van der Waals surface area contributed by atoms with Gasteiger partial charge >= 0.3 is 6.09 Å². The van der Waals surface area contributed by atoms with Crippen LogP contribution in [0.5, 0.6) is 0 Å². The molecule has 0 spiro atoms. The molecule has 0 bridgehead atoms. The highest BCUT2D eigenvalue weighted by Gasteiger charge is 2.30. The molecule has 0 atom stereocenters. The Hall–Kier alpha value is -3.35. The Bertz CT molecular complexity index is 1090. The number of hydrogen-bond acceptors (Lipinski definition) is 4. The van der Waals surface area contributed by atoms with E-state index in [9.17, 15) is 9.59 Å². The molecule has 150 valence electrons. The maximum absolute atomic E-state index is 13.2. The van der Waals surface area contributed by atoms with E-state index in [0.29, 0.717) is 18.5 Å². The van der Waals surface area contributed by atoms with Crippen LogP contribution in [0.2, 0.25) is 0 Å². The van der Waals surface area contributed by atoms with Gasteiger partial charge in [0.15, 0.2) is 0 Å². The summed E-state index contributed by atoms with van der Waals surface area (Å²) in [6.45, 7) is 3.08. The minimum atomic E-state index is -0.888. The van der Waals surface area contributed by atoms with Crippen molar-refractivity contribution in [2.24, 2.45) is 0 Å². The average Bonchev–Trinajstić information content (AvgIpc) is 2.69. The Kier molecular flexibility index (Phi) is 5.20. The van der Waals surface area contributed by atoms with Gasteiger partial charge in [-0.2, -0.15) is 0 Å². The Morgan fingerprint density at radius 1 is 1.17 bits per heavy atom. The fraction of sp³-hybridized carbons (Fsp3) is 0.318. The average molecular weight is 392 g/mol. The third-order valence-electron chi connectivity index (χ3n) is 5.25. The topological polar surface area (TPSA) is 87.5 Å². The smallest absolute Gasteiger partial charge is 0.407 e. The van der Waals surface area contributed by atoms with E-state index in [1.54, 1.807) is 4.57 Å². The molecule has 2 N–H and O–H groups in total. The van der Waals surface area contributed by atoms with Gasteiger partial charge in [0, 0.05) is 25.2 Å². The Morgan fingerprint density at radius 3 is 2.59 bits per heavy atom. The van der Waals surface area contributed by atoms with E-state index >= 15 is 0 Å². The Morgan fingerprint density at radius 2 is 1.90 bits per heavy atom. The second kappa shape index (κ2) is 7.95. The second-order valence-electron chi connectivity index (χ2n) is 7.36. The molecule has 1 saturated heterocycles. The predicted molar refractivity (Wildman–Crippen MR) is 113 cm³/mol. The largest absolute Gasteiger partial charge is 0.465 e. The number of carbonyl (C=O) groups is 1. The molecule has 3 aromatic rings. The number of hydrogen-bond donors (Lipinski definition) is 2. The van der Waals surface area contributed by atoms with Crippen LogP contribution in [-0.2, 0) is 6.42 Å². The number of para-hydroxylation sites is 1. The van der Waals surface area contributed by atoms with Gasteiger partial charge < -0.3 is 15.3 Å². The van der Waals surface area contributed by atoms with Crippen LogP contribution in [0.4, 0.5) is 10.5 Å². The number of nitrogens with zero attached hydrogens (tertiary/aromatic N) is 3. The first kappa shape index (κ1) is 19.0. The molecule has 1 fully saturated rings. The van der Waals surface area contributed by atoms with Crippen molar-refractivity contribution in [3.05, 3.63) is 64.7 Å².